The molecule has 7 heteroatoms. The molecule has 0 saturated carbocycles. The second-order valence-electron chi connectivity index (χ2n) is 7.67. The third kappa shape index (κ3) is 6.61. The van der Waals surface area contributed by atoms with Crippen molar-refractivity contribution in [3.63, 3.8) is 0 Å². The Bertz CT molecular complexity index is 1220. The molecule has 0 radical (unpaired) electrons. The van der Waals surface area contributed by atoms with Crippen LogP contribution < -0.4 is 4.90 Å². The minimum Gasteiger partial charge on any atom is -0.369 e. The molecule has 1 heterocycles. The summed E-state index contributed by atoms with van der Waals surface area (Å²) in [5, 5.41) is 3.76. The summed E-state index contributed by atoms with van der Waals surface area (Å²) in [6, 6.07) is 24.4. The van der Waals surface area contributed by atoms with Crippen LogP contribution in [-0.2, 0) is 6.42 Å². The van der Waals surface area contributed by atoms with Crippen LogP contribution in [0.4, 0.5) is 11.4 Å². The van der Waals surface area contributed by atoms with E-state index in [1.54, 1.807) is 11.3 Å². The van der Waals surface area contributed by atoms with Crippen molar-refractivity contribution >= 4 is 63.7 Å². The zero-order valence-corrected chi connectivity index (χ0v) is 21.6. The van der Waals surface area contributed by atoms with Crippen molar-refractivity contribution in [2.45, 2.75) is 6.42 Å². The van der Waals surface area contributed by atoms with Crippen molar-refractivity contribution in [2.24, 2.45) is 4.99 Å². The highest BCUT2D eigenvalue weighted by atomic mass is 35.5. The van der Waals surface area contributed by atoms with Gasteiger partial charge in [0.2, 0.25) is 0 Å². The van der Waals surface area contributed by atoms with E-state index in [-0.39, 0.29) is 0 Å². The number of hydrogen-bond donors (Lipinski definition) is 0. The Morgan fingerprint density at radius 2 is 1.65 bits per heavy atom. The molecular weight excluding hydrogens is 505 g/mol. The maximum Gasteiger partial charge on any atom is 0.0976 e. The molecule has 0 bridgehead atoms. The fraction of sp³-hybridized carbons (Fsp3) is 0.185. The van der Waals surface area contributed by atoms with E-state index in [0.717, 1.165) is 52.7 Å². The van der Waals surface area contributed by atoms with Gasteiger partial charge in [-0.3, -0.25) is 4.99 Å². The lowest BCUT2D eigenvalue weighted by Gasteiger charge is -2.22. The molecule has 0 atom stereocenters. The lowest BCUT2D eigenvalue weighted by atomic mass is 10.1. The van der Waals surface area contributed by atoms with Crippen LogP contribution in [0.25, 0.3) is 11.3 Å². The number of nitrogens with zero attached hydrogens (tertiary/aromatic N) is 3. The van der Waals surface area contributed by atoms with Gasteiger partial charge in [-0.05, 0) is 41.5 Å². The molecule has 0 unspecified atom stereocenters. The number of hydrogen-bond acceptors (Lipinski definition) is 4. The van der Waals surface area contributed by atoms with E-state index < -0.39 is 0 Å². The Labute approximate surface area is 219 Å². The fourth-order valence-corrected chi connectivity index (χ4v) is 5.08. The van der Waals surface area contributed by atoms with Gasteiger partial charge < -0.3 is 4.90 Å². The zero-order chi connectivity index (χ0) is 23.8. The summed E-state index contributed by atoms with van der Waals surface area (Å²) in [5.74, 6) is 1.12. The Balaban J connectivity index is 1.43. The monoisotopic (exact) mass is 527 g/mol. The number of rotatable bonds is 10. The first-order chi connectivity index (χ1) is 16.7. The van der Waals surface area contributed by atoms with Crippen LogP contribution in [0, 0.1) is 0 Å². The van der Waals surface area contributed by atoms with Crippen molar-refractivity contribution in [3.05, 3.63) is 99.3 Å². The molecule has 34 heavy (non-hydrogen) atoms. The van der Waals surface area contributed by atoms with E-state index in [1.807, 2.05) is 54.7 Å². The average molecular weight is 529 g/mol. The topological polar surface area (TPSA) is 28.5 Å². The molecule has 0 fully saturated rings. The van der Waals surface area contributed by atoms with Gasteiger partial charge in [0.05, 0.1) is 21.4 Å². The van der Waals surface area contributed by atoms with Crippen LogP contribution in [0.15, 0.2) is 83.2 Å². The molecule has 0 N–H and O–H groups in total. The van der Waals surface area contributed by atoms with Crippen molar-refractivity contribution in [1.82, 2.24) is 4.98 Å². The van der Waals surface area contributed by atoms with Crippen molar-refractivity contribution in [3.8, 4) is 11.3 Å². The second-order valence-corrected chi connectivity index (χ2v) is 9.77. The maximum atomic E-state index is 6.59. The Morgan fingerprint density at radius 3 is 2.32 bits per heavy atom. The molecule has 0 saturated heterocycles. The quantitative estimate of drug-likeness (QED) is 0.154. The second kappa shape index (κ2) is 12.4. The molecular formula is C27H24Cl3N3S. The van der Waals surface area contributed by atoms with Gasteiger partial charge in [0.1, 0.15) is 0 Å². The minimum absolute atomic E-state index is 0.562. The van der Waals surface area contributed by atoms with Crippen molar-refractivity contribution in [1.29, 1.82) is 0 Å². The first-order valence-corrected chi connectivity index (χ1v) is 13.3. The molecule has 0 aliphatic heterocycles. The number of alkyl halides is 2. The predicted molar refractivity (Wildman–Crippen MR) is 149 cm³/mol. The van der Waals surface area contributed by atoms with E-state index in [1.165, 1.54) is 5.56 Å². The number of thiazole rings is 1. The van der Waals surface area contributed by atoms with E-state index in [0.29, 0.717) is 16.8 Å². The van der Waals surface area contributed by atoms with E-state index in [2.05, 4.69) is 39.5 Å². The summed E-state index contributed by atoms with van der Waals surface area (Å²) in [5.41, 5.74) is 5.96. The van der Waals surface area contributed by atoms with Gasteiger partial charge in [0.15, 0.2) is 0 Å². The third-order valence-corrected chi connectivity index (χ3v) is 6.81. The third-order valence-electron chi connectivity index (χ3n) is 5.31. The number of aliphatic imine (C=N–C) groups is 1. The van der Waals surface area contributed by atoms with Gasteiger partial charge in [-0.1, -0.05) is 54.1 Å². The lowest BCUT2D eigenvalue weighted by molar-refractivity contribution is 0.874. The highest BCUT2D eigenvalue weighted by Crippen LogP contribution is 2.32. The number of aromatic nitrogens is 1. The summed E-state index contributed by atoms with van der Waals surface area (Å²) in [6.45, 7) is 1.53. The Morgan fingerprint density at radius 1 is 0.912 bits per heavy atom. The summed E-state index contributed by atoms with van der Waals surface area (Å²) in [7, 11) is 0. The molecule has 3 nitrogen and oxygen atoms in total. The number of halogens is 3. The molecule has 3 aromatic carbocycles. The SMILES string of the molecule is ClCCN(CCCl)c1ccc(C=Nc2ccc(-c3csc(Cc4ccccc4)n3)c(Cl)c2)cc1. The first-order valence-electron chi connectivity index (χ1n) is 11.0. The Kier molecular flexibility index (Phi) is 9.00. The summed E-state index contributed by atoms with van der Waals surface area (Å²) in [6.07, 6.45) is 2.66. The largest absolute Gasteiger partial charge is 0.369 e. The lowest BCUT2D eigenvalue weighted by Crippen LogP contribution is -2.27. The summed E-state index contributed by atoms with van der Waals surface area (Å²) < 4.78 is 0. The molecule has 0 aliphatic rings. The van der Waals surface area contributed by atoms with Gasteiger partial charge in [0, 0.05) is 54.1 Å². The normalized spacial score (nSPS) is 11.3. The summed E-state index contributed by atoms with van der Waals surface area (Å²) >= 11 is 20.1. The molecule has 174 valence electrons. The van der Waals surface area contributed by atoms with Gasteiger partial charge in [-0.25, -0.2) is 4.98 Å². The van der Waals surface area contributed by atoms with E-state index >= 15 is 0 Å². The van der Waals surface area contributed by atoms with Gasteiger partial charge in [-0.2, -0.15) is 0 Å². The van der Waals surface area contributed by atoms with Crippen molar-refractivity contribution in [2.75, 3.05) is 29.7 Å². The highest BCUT2D eigenvalue weighted by Gasteiger charge is 2.10. The highest BCUT2D eigenvalue weighted by molar-refractivity contribution is 7.10. The number of anilines is 1. The van der Waals surface area contributed by atoms with Crippen LogP contribution in [0.3, 0.4) is 0 Å². The molecule has 4 rings (SSSR count). The minimum atomic E-state index is 0.562. The molecule has 1 aromatic heterocycles. The van der Waals surface area contributed by atoms with Crippen LogP contribution >= 0.6 is 46.1 Å². The Hall–Kier alpha value is -2.37. The van der Waals surface area contributed by atoms with E-state index in [4.69, 9.17) is 39.8 Å². The molecule has 4 aromatic rings. The van der Waals surface area contributed by atoms with Gasteiger partial charge in [-0.15, -0.1) is 34.5 Å². The van der Waals surface area contributed by atoms with Gasteiger partial charge in [0.25, 0.3) is 0 Å². The molecule has 0 amide bonds. The fourth-order valence-electron chi connectivity index (χ4n) is 3.57. The first kappa shape index (κ1) is 24.7. The van der Waals surface area contributed by atoms with Crippen LogP contribution in [-0.4, -0.2) is 36.0 Å². The maximum absolute atomic E-state index is 6.59. The van der Waals surface area contributed by atoms with Crippen LogP contribution in [0.5, 0.6) is 0 Å². The number of benzene rings is 3. The molecule has 0 spiro atoms. The average Bonchev–Trinajstić information content (AvgIpc) is 3.31. The summed E-state index contributed by atoms with van der Waals surface area (Å²) in [4.78, 5) is 11.6. The van der Waals surface area contributed by atoms with Crippen LogP contribution in [0.2, 0.25) is 5.02 Å². The van der Waals surface area contributed by atoms with Gasteiger partial charge >= 0.3 is 0 Å². The van der Waals surface area contributed by atoms with E-state index in [9.17, 15) is 0 Å². The smallest absolute Gasteiger partial charge is 0.0976 e. The van der Waals surface area contributed by atoms with Crippen LogP contribution in [0.1, 0.15) is 16.1 Å². The van der Waals surface area contributed by atoms with Crippen molar-refractivity contribution < 1.29 is 0 Å². The standard InChI is InChI=1S/C27H24Cl3N3S/c28-12-14-33(15-13-29)23-9-6-21(7-10-23)18-31-22-8-11-24(25(30)17-22)26-19-34-27(32-26)16-20-4-2-1-3-5-20/h1-11,17-19H,12-16H2. The predicted octanol–water partition coefficient (Wildman–Crippen LogP) is 8.09. The zero-order valence-electron chi connectivity index (χ0n) is 18.5. The molecule has 0 aliphatic carbocycles.